The van der Waals surface area contributed by atoms with E-state index in [-0.39, 0.29) is 5.92 Å². The number of halogens is 1. The fraction of sp³-hybridized carbons (Fsp3) is 0.435. The molecule has 0 radical (unpaired) electrons. The van der Waals surface area contributed by atoms with Crippen LogP contribution in [0.3, 0.4) is 0 Å². The van der Waals surface area contributed by atoms with E-state index in [1.807, 2.05) is 13.8 Å². The average Bonchev–Trinajstić information content (AvgIpc) is 3.29. The molecule has 1 aromatic carbocycles. The standard InChI is InChI=1S/C23H27FN4O3S/c1-15(2)22-26-23(31-27-22)28-10-8-16(9-11-28)14-30-17-4-7-21(25-13-17)19-6-5-18(32(3)29)12-20(19)24/h4-7,12-13,15-16H,8-11,14H2,1-3H3/t32-/m0/s1. The van der Waals surface area contributed by atoms with Crippen molar-refractivity contribution in [2.24, 2.45) is 5.92 Å². The van der Waals surface area contributed by atoms with Crippen LogP contribution in [-0.2, 0) is 10.8 Å². The van der Waals surface area contributed by atoms with Gasteiger partial charge in [-0.15, -0.1) is 0 Å². The third kappa shape index (κ3) is 5.15. The third-order valence-electron chi connectivity index (χ3n) is 5.60. The Labute approximate surface area is 189 Å². The Balaban J connectivity index is 1.29. The number of hydrogen-bond donors (Lipinski definition) is 0. The molecule has 1 aliphatic heterocycles. The van der Waals surface area contributed by atoms with E-state index >= 15 is 0 Å². The maximum Gasteiger partial charge on any atom is 0.324 e. The predicted molar refractivity (Wildman–Crippen MR) is 121 cm³/mol. The van der Waals surface area contributed by atoms with Gasteiger partial charge < -0.3 is 14.2 Å². The van der Waals surface area contributed by atoms with Gasteiger partial charge in [0.2, 0.25) is 0 Å². The van der Waals surface area contributed by atoms with Crippen LogP contribution in [0.15, 0.2) is 45.9 Å². The molecule has 0 bridgehead atoms. The molecule has 9 heteroatoms. The first kappa shape index (κ1) is 22.4. The Morgan fingerprint density at radius 1 is 1.25 bits per heavy atom. The number of ether oxygens (including phenoxy) is 1. The number of aromatic nitrogens is 3. The monoisotopic (exact) mass is 458 g/mol. The number of pyridine rings is 1. The minimum absolute atomic E-state index is 0.246. The largest absolute Gasteiger partial charge is 0.492 e. The first-order chi connectivity index (χ1) is 15.4. The molecule has 7 nitrogen and oxygen atoms in total. The second-order valence-electron chi connectivity index (χ2n) is 8.31. The molecule has 1 saturated heterocycles. The van der Waals surface area contributed by atoms with Crippen molar-refractivity contribution in [3.63, 3.8) is 0 Å². The molecule has 1 atom stereocenters. The van der Waals surface area contributed by atoms with Gasteiger partial charge in [0.25, 0.3) is 0 Å². The lowest BCUT2D eigenvalue weighted by atomic mass is 9.98. The summed E-state index contributed by atoms with van der Waals surface area (Å²) in [5.74, 6) is 1.63. The topological polar surface area (TPSA) is 81.4 Å². The van der Waals surface area contributed by atoms with E-state index in [0.717, 1.165) is 31.8 Å². The smallest absolute Gasteiger partial charge is 0.324 e. The van der Waals surface area contributed by atoms with Crippen LogP contribution < -0.4 is 9.64 Å². The van der Waals surface area contributed by atoms with Gasteiger partial charge in [0.1, 0.15) is 11.6 Å². The highest BCUT2D eigenvalue weighted by atomic mass is 32.2. The van der Waals surface area contributed by atoms with Crippen LogP contribution in [0, 0.1) is 11.7 Å². The maximum absolute atomic E-state index is 14.4. The van der Waals surface area contributed by atoms with E-state index in [2.05, 4.69) is 20.0 Å². The highest BCUT2D eigenvalue weighted by Gasteiger charge is 2.24. The van der Waals surface area contributed by atoms with Gasteiger partial charge in [-0.25, -0.2) is 4.39 Å². The summed E-state index contributed by atoms with van der Waals surface area (Å²) in [6.45, 7) is 6.38. The molecular weight excluding hydrogens is 431 g/mol. The summed E-state index contributed by atoms with van der Waals surface area (Å²) in [5.41, 5.74) is 0.886. The van der Waals surface area contributed by atoms with E-state index < -0.39 is 16.6 Å². The summed E-state index contributed by atoms with van der Waals surface area (Å²) in [6.07, 6.45) is 5.08. The van der Waals surface area contributed by atoms with Gasteiger partial charge in [-0.05, 0) is 49.1 Å². The molecule has 0 amide bonds. The molecular formula is C23H27FN4O3S. The molecule has 32 heavy (non-hydrogen) atoms. The van der Waals surface area contributed by atoms with Crippen molar-refractivity contribution in [2.45, 2.75) is 37.5 Å². The Kier molecular flexibility index (Phi) is 6.83. The summed E-state index contributed by atoms with van der Waals surface area (Å²) in [4.78, 5) is 11.4. The zero-order valence-electron chi connectivity index (χ0n) is 18.5. The van der Waals surface area contributed by atoms with E-state index in [4.69, 9.17) is 9.26 Å². The van der Waals surface area contributed by atoms with Gasteiger partial charge in [-0.2, -0.15) is 4.98 Å². The van der Waals surface area contributed by atoms with E-state index in [1.54, 1.807) is 30.5 Å². The van der Waals surface area contributed by atoms with Crippen LogP contribution in [-0.4, -0.2) is 45.3 Å². The Morgan fingerprint density at radius 3 is 2.62 bits per heavy atom. The molecule has 3 heterocycles. The van der Waals surface area contributed by atoms with Crippen LogP contribution in [0.2, 0.25) is 0 Å². The zero-order chi connectivity index (χ0) is 22.7. The average molecular weight is 459 g/mol. The quantitative estimate of drug-likeness (QED) is 0.518. The normalized spacial score (nSPS) is 15.8. The van der Waals surface area contributed by atoms with Crippen LogP contribution in [0.5, 0.6) is 5.75 Å². The first-order valence-electron chi connectivity index (χ1n) is 10.7. The number of rotatable bonds is 7. The van der Waals surface area contributed by atoms with Gasteiger partial charge in [-0.1, -0.05) is 19.0 Å². The van der Waals surface area contributed by atoms with E-state index in [9.17, 15) is 8.60 Å². The van der Waals surface area contributed by atoms with Crippen LogP contribution in [0.1, 0.15) is 38.4 Å². The van der Waals surface area contributed by atoms with Crippen LogP contribution in [0.4, 0.5) is 10.4 Å². The van der Waals surface area contributed by atoms with Crippen molar-refractivity contribution in [3.8, 4) is 17.0 Å². The number of nitrogens with zero attached hydrogens (tertiary/aromatic N) is 4. The van der Waals surface area contributed by atoms with E-state index in [1.165, 1.54) is 12.3 Å². The third-order valence-corrected chi connectivity index (χ3v) is 6.52. The fourth-order valence-corrected chi connectivity index (χ4v) is 4.13. The second-order valence-corrected chi connectivity index (χ2v) is 9.69. The number of piperidine rings is 1. The molecule has 4 rings (SSSR count). The Hall–Kier alpha value is -2.81. The molecule has 0 aliphatic carbocycles. The van der Waals surface area contributed by atoms with Crippen molar-refractivity contribution < 1.29 is 17.9 Å². The maximum atomic E-state index is 14.4. The van der Waals surface area contributed by atoms with Crippen molar-refractivity contribution in [2.75, 3.05) is 30.9 Å². The molecule has 3 aromatic rings. The Bertz CT molecular complexity index is 1080. The first-order valence-corrected chi connectivity index (χ1v) is 12.3. The predicted octanol–water partition coefficient (Wildman–Crippen LogP) is 4.43. The SMILES string of the molecule is CC(C)c1noc(N2CCC(COc3ccc(-c4ccc([S@](C)=O)cc4F)nc3)CC2)n1. The summed E-state index contributed by atoms with van der Waals surface area (Å²) in [6, 6.07) is 8.69. The summed E-state index contributed by atoms with van der Waals surface area (Å²) >= 11 is 0. The molecule has 0 spiro atoms. The van der Waals surface area contributed by atoms with Crippen molar-refractivity contribution >= 4 is 16.8 Å². The molecule has 1 aliphatic rings. The number of hydrogen-bond acceptors (Lipinski definition) is 7. The fourth-order valence-electron chi connectivity index (χ4n) is 3.60. The second kappa shape index (κ2) is 9.77. The number of benzene rings is 1. The zero-order valence-corrected chi connectivity index (χ0v) is 19.3. The molecule has 0 saturated carbocycles. The highest BCUT2D eigenvalue weighted by Crippen LogP contribution is 2.26. The van der Waals surface area contributed by atoms with Crippen molar-refractivity contribution in [3.05, 3.63) is 48.2 Å². The van der Waals surface area contributed by atoms with Gasteiger partial charge in [0, 0.05) is 46.5 Å². The van der Waals surface area contributed by atoms with Gasteiger partial charge in [0.15, 0.2) is 5.82 Å². The summed E-state index contributed by atoms with van der Waals surface area (Å²) in [5, 5.41) is 4.04. The summed E-state index contributed by atoms with van der Waals surface area (Å²) in [7, 11) is -1.22. The van der Waals surface area contributed by atoms with Crippen molar-refractivity contribution in [1.82, 2.24) is 15.1 Å². The summed E-state index contributed by atoms with van der Waals surface area (Å²) < 4.78 is 37.2. The van der Waals surface area contributed by atoms with Crippen LogP contribution >= 0.6 is 0 Å². The van der Waals surface area contributed by atoms with Crippen LogP contribution in [0.25, 0.3) is 11.3 Å². The molecule has 170 valence electrons. The molecule has 2 aromatic heterocycles. The van der Waals surface area contributed by atoms with E-state index in [0.29, 0.717) is 40.4 Å². The van der Waals surface area contributed by atoms with Gasteiger partial charge in [0.05, 0.1) is 18.5 Å². The molecule has 0 unspecified atom stereocenters. The van der Waals surface area contributed by atoms with Gasteiger partial charge in [-0.3, -0.25) is 9.19 Å². The molecule has 1 fully saturated rings. The minimum atomic E-state index is -1.22. The lowest BCUT2D eigenvalue weighted by Gasteiger charge is -2.30. The minimum Gasteiger partial charge on any atom is -0.492 e. The molecule has 0 N–H and O–H groups in total. The lowest BCUT2D eigenvalue weighted by Crippen LogP contribution is -2.35. The van der Waals surface area contributed by atoms with Crippen molar-refractivity contribution in [1.29, 1.82) is 0 Å². The number of anilines is 1. The van der Waals surface area contributed by atoms with Gasteiger partial charge >= 0.3 is 6.01 Å². The Morgan fingerprint density at radius 2 is 2.03 bits per heavy atom. The highest BCUT2D eigenvalue weighted by molar-refractivity contribution is 7.84. The lowest BCUT2D eigenvalue weighted by molar-refractivity contribution is 0.219.